The Morgan fingerprint density at radius 2 is 2.27 bits per heavy atom. The van der Waals surface area contributed by atoms with Crippen LogP contribution in [0.4, 0.5) is 0 Å². The van der Waals surface area contributed by atoms with Crippen molar-refractivity contribution in [2.24, 2.45) is 0 Å². The Hall–Kier alpha value is -1.58. The molecule has 0 fully saturated rings. The number of carbonyl (C=O) groups is 1. The molecule has 0 aliphatic carbocycles. The molecule has 82 valence electrons. The number of carboxylic acids is 1. The van der Waals surface area contributed by atoms with Gasteiger partial charge in [0.05, 0.1) is 18.2 Å². The van der Waals surface area contributed by atoms with Gasteiger partial charge in [-0.2, -0.15) is 5.10 Å². The van der Waals surface area contributed by atoms with E-state index in [1.807, 2.05) is 10.9 Å². The Balaban J connectivity index is 2.69. The van der Waals surface area contributed by atoms with E-state index < -0.39 is 5.97 Å². The zero-order chi connectivity index (χ0) is 11.5. The van der Waals surface area contributed by atoms with E-state index in [0.717, 1.165) is 5.56 Å². The fraction of sp³-hybridized carbons (Fsp3) is 0.455. The zero-order valence-corrected chi connectivity index (χ0v) is 9.27. The number of rotatable bonds is 3. The SMILES string of the molecule is CC(C)(C)n1cc(C=CCC(=O)O)cn1. The third-order valence-corrected chi connectivity index (χ3v) is 1.89. The summed E-state index contributed by atoms with van der Waals surface area (Å²) in [6, 6.07) is 0. The molecule has 0 atom stereocenters. The average Bonchev–Trinajstić information content (AvgIpc) is 2.51. The van der Waals surface area contributed by atoms with Gasteiger partial charge in [0.25, 0.3) is 0 Å². The largest absolute Gasteiger partial charge is 0.481 e. The second-order valence-corrected chi connectivity index (χ2v) is 4.39. The molecule has 0 radical (unpaired) electrons. The molecule has 1 N–H and O–H groups in total. The lowest BCUT2D eigenvalue weighted by molar-refractivity contribution is -0.135. The minimum Gasteiger partial charge on any atom is -0.481 e. The zero-order valence-electron chi connectivity index (χ0n) is 9.27. The van der Waals surface area contributed by atoms with Crippen LogP contribution in [0.1, 0.15) is 32.8 Å². The Bertz CT molecular complexity index is 372. The lowest BCUT2D eigenvalue weighted by Gasteiger charge is -2.18. The topological polar surface area (TPSA) is 55.1 Å². The van der Waals surface area contributed by atoms with Crippen LogP contribution >= 0.6 is 0 Å². The lowest BCUT2D eigenvalue weighted by Crippen LogP contribution is -2.21. The first-order valence-electron chi connectivity index (χ1n) is 4.83. The molecule has 0 amide bonds. The summed E-state index contributed by atoms with van der Waals surface area (Å²) in [4.78, 5) is 10.3. The van der Waals surface area contributed by atoms with Gasteiger partial charge in [-0.05, 0) is 20.8 Å². The summed E-state index contributed by atoms with van der Waals surface area (Å²) in [7, 11) is 0. The molecule has 1 aromatic rings. The number of aromatic nitrogens is 2. The van der Waals surface area contributed by atoms with Crippen LogP contribution in [0.25, 0.3) is 6.08 Å². The minimum absolute atomic E-state index is 0.0424. The van der Waals surface area contributed by atoms with Gasteiger partial charge < -0.3 is 5.11 Å². The van der Waals surface area contributed by atoms with Gasteiger partial charge in [-0.3, -0.25) is 9.48 Å². The fourth-order valence-electron chi connectivity index (χ4n) is 1.09. The fourth-order valence-corrected chi connectivity index (χ4v) is 1.09. The summed E-state index contributed by atoms with van der Waals surface area (Å²) in [5, 5.41) is 12.7. The Labute approximate surface area is 89.2 Å². The Morgan fingerprint density at radius 1 is 1.60 bits per heavy atom. The monoisotopic (exact) mass is 208 g/mol. The number of hydrogen-bond acceptors (Lipinski definition) is 2. The summed E-state index contributed by atoms with van der Waals surface area (Å²) in [5.41, 5.74) is 0.880. The van der Waals surface area contributed by atoms with Gasteiger partial charge >= 0.3 is 5.97 Å². The second-order valence-electron chi connectivity index (χ2n) is 4.39. The highest BCUT2D eigenvalue weighted by Crippen LogP contribution is 2.13. The summed E-state index contributed by atoms with van der Waals surface area (Å²) < 4.78 is 1.85. The van der Waals surface area contributed by atoms with E-state index in [2.05, 4.69) is 25.9 Å². The Morgan fingerprint density at radius 3 is 2.73 bits per heavy atom. The highest BCUT2D eigenvalue weighted by Gasteiger charge is 2.12. The molecule has 1 heterocycles. The van der Waals surface area contributed by atoms with Crippen LogP contribution in [0.3, 0.4) is 0 Å². The molecule has 0 aliphatic heterocycles. The summed E-state index contributed by atoms with van der Waals surface area (Å²) >= 11 is 0. The molecule has 0 saturated heterocycles. The van der Waals surface area contributed by atoms with Crippen LogP contribution in [0.15, 0.2) is 18.5 Å². The lowest BCUT2D eigenvalue weighted by atomic mass is 10.1. The van der Waals surface area contributed by atoms with Crippen molar-refractivity contribution in [3.05, 3.63) is 24.0 Å². The van der Waals surface area contributed by atoms with Gasteiger partial charge in [0.15, 0.2) is 0 Å². The molecule has 4 heteroatoms. The number of nitrogens with zero attached hydrogens (tertiary/aromatic N) is 2. The summed E-state index contributed by atoms with van der Waals surface area (Å²) in [5.74, 6) is -0.825. The second kappa shape index (κ2) is 4.29. The van der Waals surface area contributed by atoms with Crippen molar-refractivity contribution in [1.29, 1.82) is 0 Å². The van der Waals surface area contributed by atoms with Crippen LogP contribution < -0.4 is 0 Å². The Kier molecular flexibility index (Phi) is 3.29. The molecular formula is C11H16N2O2. The quantitative estimate of drug-likeness (QED) is 0.827. The predicted molar refractivity (Wildman–Crippen MR) is 58.5 cm³/mol. The van der Waals surface area contributed by atoms with E-state index >= 15 is 0 Å². The highest BCUT2D eigenvalue weighted by molar-refractivity contribution is 5.70. The summed E-state index contributed by atoms with van der Waals surface area (Å²) in [6.07, 6.45) is 7.05. The number of hydrogen-bond donors (Lipinski definition) is 1. The minimum atomic E-state index is -0.825. The number of aliphatic carboxylic acids is 1. The smallest absolute Gasteiger partial charge is 0.307 e. The maximum absolute atomic E-state index is 10.3. The molecule has 0 bridgehead atoms. The molecule has 0 saturated carbocycles. The maximum atomic E-state index is 10.3. The van der Waals surface area contributed by atoms with Crippen molar-refractivity contribution >= 4 is 12.0 Å². The van der Waals surface area contributed by atoms with Gasteiger partial charge in [-0.1, -0.05) is 12.2 Å². The van der Waals surface area contributed by atoms with E-state index in [4.69, 9.17) is 5.11 Å². The average molecular weight is 208 g/mol. The molecule has 0 spiro atoms. The first-order chi connectivity index (χ1) is 6.89. The van der Waals surface area contributed by atoms with Gasteiger partial charge in [-0.25, -0.2) is 0 Å². The van der Waals surface area contributed by atoms with Crippen molar-refractivity contribution in [2.75, 3.05) is 0 Å². The van der Waals surface area contributed by atoms with Gasteiger partial charge in [0.1, 0.15) is 0 Å². The van der Waals surface area contributed by atoms with Crippen molar-refractivity contribution in [1.82, 2.24) is 9.78 Å². The third-order valence-electron chi connectivity index (χ3n) is 1.89. The van der Waals surface area contributed by atoms with E-state index in [1.165, 1.54) is 0 Å². The van der Waals surface area contributed by atoms with Crippen molar-refractivity contribution in [3.8, 4) is 0 Å². The van der Waals surface area contributed by atoms with Crippen molar-refractivity contribution in [3.63, 3.8) is 0 Å². The van der Waals surface area contributed by atoms with Crippen molar-refractivity contribution in [2.45, 2.75) is 32.7 Å². The normalized spacial score (nSPS) is 12.2. The van der Waals surface area contributed by atoms with Crippen LogP contribution in [0.5, 0.6) is 0 Å². The maximum Gasteiger partial charge on any atom is 0.307 e. The van der Waals surface area contributed by atoms with Gasteiger partial charge in [-0.15, -0.1) is 0 Å². The van der Waals surface area contributed by atoms with Crippen LogP contribution in [0, 0.1) is 0 Å². The first kappa shape index (κ1) is 11.5. The van der Waals surface area contributed by atoms with E-state index in [1.54, 1.807) is 18.3 Å². The van der Waals surface area contributed by atoms with E-state index in [0.29, 0.717) is 0 Å². The molecule has 15 heavy (non-hydrogen) atoms. The van der Waals surface area contributed by atoms with Crippen LogP contribution in [0.2, 0.25) is 0 Å². The van der Waals surface area contributed by atoms with Crippen molar-refractivity contribution < 1.29 is 9.90 Å². The standard InChI is InChI=1S/C11H16N2O2/c1-11(2,3)13-8-9(7-12-13)5-4-6-10(14)15/h4-5,7-8H,6H2,1-3H3,(H,14,15). The van der Waals surface area contributed by atoms with Gasteiger partial charge in [0, 0.05) is 11.8 Å². The molecule has 0 aliphatic rings. The van der Waals surface area contributed by atoms with E-state index in [9.17, 15) is 4.79 Å². The van der Waals surface area contributed by atoms with Gasteiger partial charge in [0.2, 0.25) is 0 Å². The van der Waals surface area contributed by atoms with Crippen LogP contribution in [-0.2, 0) is 10.3 Å². The summed E-state index contributed by atoms with van der Waals surface area (Å²) in [6.45, 7) is 6.18. The van der Waals surface area contributed by atoms with Crippen LogP contribution in [-0.4, -0.2) is 20.9 Å². The molecular weight excluding hydrogens is 192 g/mol. The van der Waals surface area contributed by atoms with E-state index in [-0.39, 0.29) is 12.0 Å². The molecule has 4 nitrogen and oxygen atoms in total. The molecule has 0 unspecified atom stereocenters. The highest BCUT2D eigenvalue weighted by atomic mass is 16.4. The third kappa shape index (κ3) is 3.58. The first-order valence-corrected chi connectivity index (χ1v) is 4.83. The number of carboxylic acid groups (broad SMARTS) is 1. The molecule has 1 rings (SSSR count). The predicted octanol–water partition coefficient (Wildman–Crippen LogP) is 2.13. The molecule has 1 aromatic heterocycles. The molecule has 0 aromatic carbocycles.